The summed E-state index contributed by atoms with van der Waals surface area (Å²) in [5, 5.41) is 0. The summed E-state index contributed by atoms with van der Waals surface area (Å²) < 4.78 is 0. The van der Waals surface area contributed by atoms with Gasteiger partial charge in [0.1, 0.15) is 0 Å². The Morgan fingerprint density at radius 1 is 0.224 bits per heavy atom. The van der Waals surface area contributed by atoms with Crippen LogP contribution in [0.2, 0.25) is 0 Å². The number of nitrogens with zero attached hydrogens (tertiary/aromatic N) is 4. The summed E-state index contributed by atoms with van der Waals surface area (Å²) in [5.41, 5.74) is 21.2. The lowest BCUT2D eigenvalue weighted by molar-refractivity contribution is 1.30. The Hall–Kier alpha value is -7.30. The van der Waals surface area contributed by atoms with E-state index in [-0.39, 0.29) is 0 Å². The van der Waals surface area contributed by atoms with Gasteiger partial charge in [-0.15, -0.1) is 0 Å². The van der Waals surface area contributed by atoms with E-state index in [2.05, 4.69) is 185 Å². The van der Waals surface area contributed by atoms with E-state index in [1.807, 2.05) is 24.8 Å². The number of hydrogen-bond donors (Lipinski definition) is 0. The van der Waals surface area contributed by atoms with Crippen LogP contribution in [0.15, 0.2) is 183 Å². The molecule has 0 unspecified atom stereocenters. The lowest BCUT2D eigenvalue weighted by Crippen LogP contribution is -1.95. The first-order valence-corrected chi connectivity index (χ1v) is 19.7. The largest absolute Gasteiger partial charge is 0.256 e. The molecule has 0 radical (unpaired) electrons. The predicted octanol–water partition coefficient (Wildman–Crippen LogP) is 13.8. The minimum atomic E-state index is 0.932. The number of pyridine rings is 4. The van der Waals surface area contributed by atoms with Gasteiger partial charge in [0, 0.05) is 69.3 Å². The smallest absolute Gasteiger partial charge is 0.0702 e. The van der Waals surface area contributed by atoms with Gasteiger partial charge in [-0.2, -0.15) is 0 Å². The van der Waals surface area contributed by atoms with Crippen LogP contribution in [0.4, 0.5) is 0 Å². The van der Waals surface area contributed by atoms with Crippen molar-refractivity contribution in [2.45, 2.75) is 27.7 Å². The van der Waals surface area contributed by atoms with E-state index in [0.717, 1.165) is 89.5 Å². The van der Waals surface area contributed by atoms with Gasteiger partial charge >= 0.3 is 0 Å². The summed E-state index contributed by atoms with van der Waals surface area (Å²) in [4.78, 5) is 20.0. The van der Waals surface area contributed by atoms with Crippen molar-refractivity contribution in [1.29, 1.82) is 0 Å². The van der Waals surface area contributed by atoms with E-state index in [0.29, 0.717) is 0 Å². The first-order chi connectivity index (χ1) is 28.3. The molecule has 0 bridgehead atoms. The number of aromatic nitrogens is 4. The number of hydrogen-bond acceptors (Lipinski definition) is 4. The molecule has 0 aliphatic rings. The molecule has 0 aliphatic heterocycles. The van der Waals surface area contributed by atoms with Gasteiger partial charge in [-0.3, -0.25) is 19.9 Å². The average molecular weight is 747 g/mol. The van der Waals surface area contributed by atoms with E-state index < -0.39 is 0 Å². The van der Waals surface area contributed by atoms with Crippen molar-refractivity contribution in [1.82, 2.24) is 19.9 Å². The molecule has 0 atom stereocenters. The second kappa shape index (κ2) is 15.7. The molecule has 9 aromatic rings. The summed E-state index contributed by atoms with van der Waals surface area (Å²) >= 11 is 0. The number of rotatable bonds is 8. The fourth-order valence-corrected chi connectivity index (χ4v) is 7.35. The van der Waals surface area contributed by atoms with Crippen molar-refractivity contribution in [2.24, 2.45) is 0 Å². The fourth-order valence-electron chi connectivity index (χ4n) is 7.35. The highest BCUT2D eigenvalue weighted by molar-refractivity contribution is 5.95. The van der Waals surface area contributed by atoms with Crippen LogP contribution in [-0.2, 0) is 0 Å². The van der Waals surface area contributed by atoms with Crippen molar-refractivity contribution < 1.29 is 0 Å². The molecule has 0 saturated carbocycles. The molecule has 0 fully saturated rings. The Labute approximate surface area is 340 Å². The van der Waals surface area contributed by atoms with Crippen molar-refractivity contribution in [2.75, 3.05) is 0 Å². The monoisotopic (exact) mass is 746 g/mol. The van der Waals surface area contributed by atoms with Crippen LogP contribution in [0.25, 0.3) is 89.5 Å². The summed E-state index contributed by atoms with van der Waals surface area (Å²) in [6.07, 6.45) is 7.95. The van der Waals surface area contributed by atoms with E-state index in [1.54, 1.807) is 0 Å². The van der Waals surface area contributed by atoms with Crippen molar-refractivity contribution in [3.05, 3.63) is 205 Å². The third-order valence-corrected chi connectivity index (χ3v) is 10.8. The van der Waals surface area contributed by atoms with Gasteiger partial charge in [-0.25, -0.2) is 0 Å². The Balaban J connectivity index is 1.21. The minimum absolute atomic E-state index is 0.932. The molecular weight excluding hydrogens is 705 g/mol. The third-order valence-electron chi connectivity index (χ3n) is 10.8. The van der Waals surface area contributed by atoms with Crippen molar-refractivity contribution in [3.8, 4) is 89.5 Å². The molecule has 0 N–H and O–H groups in total. The minimum Gasteiger partial charge on any atom is -0.256 e. The Morgan fingerprint density at radius 3 is 0.586 bits per heavy atom. The van der Waals surface area contributed by atoms with Crippen LogP contribution in [0.3, 0.4) is 0 Å². The van der Waals surface area contributed by atoms with Crippen LogP contribution < -0.4 is 0 Å². The summed E-state index contributed by atoms with van der Waals surface area (Å²) in [6, 6.07) is 55.8. The van der Waals surface area contributed by atoms with Crippen LogP contribution in [-0.4, -0.2) is 19.9 Å². The fraction of sp³-hybridized carbons (Fsp3) is 0.0741. The summed E-state index contributed by atoms with van der Waals surface area (Å²) in [7, 11) is 0. The van der Waals surface area contributed by atoms with Crippen LogP contribution >= 0.6 is 0 Å². The molecule has 278 valence electrons. The SMILES string of the molecule is Cc1ccc(-c2ccc(-c3cc(-c4ccc(-c5ccc(C)cc5)nc4)c(-c4ccc(-c5ccc(C)cc5)nc4)cc3-c3ccc(-c4ccc(C)cc4)nc3)cn2)cc1. The second-order valence-corrected chi connectivity index (χ2v) is 15.1. The molecule has 4 aromatic heterocycles. The van der Waals surface area contributed by atoms with Gasteiger partial charge in [0.25, 0.3) is 0 Å². The zero-order valence-corrected chi connectivity index (χ0v) is 33.1. The third kappa shape index (κ3) is 7.61. The van der Waals surface area contributed by atoms with Crippen LogP contribution in [0.1, 0.15) is 22.3 Å². The first kappa shape index (κ1) is 36.3. The molecule has 0 aliphatic carbocycles. The van der Waals surface area contributed by atoms with E-state index in [9.17, 15) is 0 Å². The predicted molar refractivity (Wildman–Crippen MR) is 240 cm³/mol. The maximum absolute atomic E-state index is 4.99. The lowest BCUT2D eigenvalue weighted by atomic mass is 9.86. The topological polar surface area (TPSA) is 51.6 Å². The van der Waals surface area contributed by atoms with E-state index in [1.165, 1.54) is 22.3 Å². The summed E-state index contributed by atoms with van der Waals surface area (Å²) in [6.45, 7) is 8.41. The zero-order valence-electron chi connectivity index (χ0n) is 33.1. The molecular formula is C54H42N4. The Bertz CT molecular complexity index is 2430. The highest BCUT2D eigenvalue weighted by Crippen LogP contribution is 2.43. The standard InChI is InChI=1S/C54H42N4/c1-35-5-13-39(14-6-35)51-25-21-43(31-55-51)47-29-49(45-23-27-53(57-33-45)41-17-9-37(3)10-18-41)50(46-24-28-54(58-34-46)42-19-11-38(4)12-20-42)30-48(47)44-22-26-52(56-32-44)40-15-7-36(2)8-16-40/h5-34H,1-4H3. The zero-order chi connectivity index (χ0) is 39.6. The molecule has 5 aromatic carbocycles. The molecule has 4 nitrogen and oxygen atoms in total. The molecule has 9 rings (SSSR count). The van der Waals surface area contributed by atoms with Gasteiger partial charge in [-0.1, -0.05) is 144 Å². The van der Waals surface area contributed by atoms with Crippen molar-refractivity contribution in [3.63, 3.8) is 0 Å². The molecule has 0 spiro atoms. The normalized spacial score (nSPS) is 11.1. The van der Waals surface area contributed by atoms with Crippen molar-refractivity contribution >= 4 is 0 Å². The number of benzene rings is 5. The molecule has 0 amide bonds. The Kier molecular flexibility index (Phi) is 9.83. The van der Waals surface area contributed by atoms with Gasteiger partial charge in [0.15, 0.2) is 0 Å². The summed E-state index contributed by atoms with van der Waals surface area (Å²) in [5.74, 6) is 0. The highest BCUT2D eigenvalue weighted by Gasteiger charge is 2.18. The lowest BCUT2D eigenvalue weighted by Gasteiger charge is -2.18. The van der Waals surface area contributed by atoms with Crippen LogP contribution in [0, 0.1) is 27.7 Å². The quantitative estimate of drug-likeness (QED) is 0.155. The van der Waals surface area contributed by atoms with Gasteiger partial charge < -0.3 is 0 Å². The van der Waals surface area contributed by atoms with Gasteiger partial charge in [-0.05, 0) is 86.3 Å². The van der Waals surface area contributed by atoms with E-state index >= 15 is 0 Å². The second-order valence-electron chi connectivity index (χ2n) is 15.1. The maximum atomic E-state index is 4.99. The first-order valence-electron chi connectivity index (χ1n) is 19.7. The van der Waals surface area contributed by atoms with Gasteiger partial charge in [0.2, 0.25) is 0 Å². The van der Waals surface area contributed by atoms with E-state index in [4.69, 9.17) is 19.9 Å². The highest BCUT2D eigenvalue weighted by atomic mass is 14.7. The molecule has 58 heavy (non-hydrogen) atoms. The van der Waals surface area contributed by atoms with Crippen LogP contribution in [0.5, 0.6) is 0 Å². The molecule has 4 heteroatoms. The Morgan fingerprint density at radius 2 is 0.414 bits per heavy atom. The molecule has 0 saturated heterocycles. The molecule has 4 heterocycles. The van der Waals surface area contributed by atoms with Gasteiger partial charge in [0.05, 0.1) is 22.8 Å². The number of aryl methyl sites for hydroxylation is 4. The average Bonchev–Trinajstić information content (AvgIpc) is 3.27. The maximum Gasteiger partial charge on any atom is 0.0702 e.